The van der Waals surface area contributed by atoms with Gasteiger partial charge in [-0.25, -0.2) is 14.6 Å². The zero-order chi connectivity index (χ0) is 20.0. The molecular formula is C14H27N8O6P. The molecule has 1 fully saturated rings. The van der Waals surface area contributed by atoms with Crippen molar-refractivity contribution in [3.8, 4) is 0 Å². The molecule has 0 amide bonds. The van der Waals surface area contributed by atoms with Gasteiger partial charge in [-0.15, -0.1) is 0 Å². The summed E-state index contributed by atoms with van der Waals surface area (Å²) in [6.45, 7) is 3.95. The van der Waals surface area contributed by atoms with Crippen LogP contribution in [0.4, 0.5) is 5.95 Å². The molecule has 164 valence electrons. The third kappa shape index (κ3) is 6.83. The van der Waals surface area contributed by atoms with E-state index in [9.17, 15) is 14.3 Å². The number of morpholine rings is 1. The Balaban J connectivity index is 0.00000300. The van der Waals surface area contributed by atoms with Gasteiger partial charge in [-0.2, -0.15) is 4.98 Å². The second-order valence-corrected chi connectivity index (χ2v) is 7.71. The number of nitrogens with two attached hydrogens (primary N) is 1. The van der Waals surface area contributed by atoms with Crippen LogP contribution in [0, 0.1) is 0 Å². The average Bonchev–Trinajstić information content (AvgIpc) is 3.05. The number of fused-ring (bicyclic) bond motifs is 1. The minimum Gasteiger partial charge on any atom is -0.379 e. The van der Waals surface area contributed by atoms with Crippen molar-refractivity contribution in [3.05, 3.63) is 16.7 Å². The molecule has 0 bridgehead atoms. The summed E-state index contributed by atoms with van der Waals surface area (Å²) in [7, 11) is -3.89. The minimum atomic E-state index is -3.89. The SMILES string of the molecule is N.Nc1nc2c(ncn2COCCOP(=O)(O)NCCN2CCOCC2)c(=O)[nH]1. The number of hydrogen-bond donors (Lipinski definition) is 5. The highest BCUT2D eigenvalue weighted by Gasteiger charge is 2.19. The molecule has 0 spiro atoms. The van der Waals surface area contributed by atoms with Gasteiger partial charge in [0.15, 0.2) is 11.2 Å². The number of rotatable bonds is 10. The monoisotopic (exact) mass is 434 g/mol. The highest BCUT2D eigenvalue weighted by atomic mass is 31.2. The fourth-order valence-electron chi connectivity index (χ4n) is 2.67. The Hall–Kier alpha value is -1.90. The van der Waals surface area contributed by atoms with E-state index in [1.165, 1.54) is 10.9 Å². The number of hydrogen-bond acceptors (Lipinski definition) is 10. The molecule has 2 aromatic rings. The lowest BCUT2D eigenvalue weighted by Crippen LogP contribution is -2.39. The summed E-state index contributed by atoms with van der Waals surface area (Å²) in [5.74, 6) is -0.0213. The summed E-state index contributed by atoms with van der Waals surface area (Å²) in [5.41, 5.74) is 5.53. The largest absolute Gasteiger partial charge is 0.403 e. The molecule has 2 aromatic heterocycles. The molecule has 1 unspecified atom stereocenters. The van der Waals surface area contributed by atoms with Gasteiger partial charge >= 0.3 is 7.75 Å². The zero-order valence-corrected chi connectivity index (χ0v) is 16.8. The van der Waals surface area contributed by atoms with E-state index in [1.54, 1.807) is 0 Å². The van der Waals surface area contributed by atoms with Gasteiger partial charge in [-0.05, 0) is 0 Å². The van der Waals surface area contributed by atoms with Gasteiger partial charge in [0.2, 0.25) is 5.95 Å². The molecular weight excluding hydrogens is 407 g/mol. The summed E-state index contributed by atoms with van der Waals surface area (Å²) in [5, 5.41) is 2.52. The first-order valence-corrected chi connectivity index (χ1v) is 10.3. The summed E-state index contributed by atoms with van der Waals surface area (Å²) in [6, 6.07) is 0. The van der Waals surface area contributed by atoms with E-state index in [0.717, 1.165) is 13.1 Å². The lowest BCUT2D eigenvalue weighted by Gasteiger charge is -2.26. The summed E-state index contributed by atoms with van der Waals surface area (Å²) < 4.78 is 29.1. The first-order chi connectivity index (χ1) is 13.4. The number of aromatic amines is 1. The van der Waals surface area contributed by atoms with Crippen LogP contribution in [0.3, 0.4) is 0 Å². The van der Waals surface area contributed by atoms with Crippen molar-refractivity contribution in [2.24, 2.45) is 0 Å². The summed E-state index contributed by atoms with van der Waals surface area (Å²) in [4.78, 5) is 33.9. The van der Waals surface area contributed by atoms with Crippen LogP contribution in [0.2, 0.25) is 0 Å². The molecule has 15 heteroatoms. The van der Waals surface area contributed by atoms with E-state index < -0.39 is 13.3 Å². The standard InChI is InChI=1S/C14H24N7O6P.H3N/c15-14-18-12-11(13(22)19-14)16-9-21(12)10-26-7-8-27-28(23,24)17-1-2-20-3-5-25-6-4-20;/h9H,1-8,10H2,(H2,17,23,24)(H3,15,18,19,22);1H3. The normalized spacial score (nSPS) is 17.1. The highest BCUT2D eigenvalue weighted by molar-refractivity contribution is 7.50. The molecule has 29 heavy (non-hydrogen) atoms. The Morgan fingerprint density at radius 2 is 2.14 bits per heavy atom. The van der Waals surface area contributed by atoms with Crippen LogP contribution in [-0.4, -0.2) is 81.9 Å². The molecule has 0 aliphatic carbocycles. The van der Waals surface area contributed by atoms with Crippen molar-refractivity contribution in [2.45, 2.75) is 6.73 Å². The highest BCUT2D eigenvalue weighted by Crippen LogP contribution is 2.35. The molecule has 14 nitrogen and oxygen atoms in total. The van der Waals surface area contributed by atoms with E-state index in [4.69, 9.17) is 19.7 Å². The second-order valence-electron chi connectivity index (χ2n) is 6.09. The van der Waals surface area contributed by atoms with Gasteiger partial charge in [0.05, 0.1) is 32.8 Å². The molecule has 3 heterocycles. The molecule has 8 N–H and O–H groups in total. The van der Waals surface area contributed by atoms with Crippen LogP contribution in [-0.2, 0) is 25.3 Å². The van der Waals surface area contributed by atoms with E-state index in [0.29, 0.717) is 32.0 Å². The van der Waals surface area contributed by atoms with Crippen LogP contribution >= 0.6 is 7.75 Å². The number of ether oxygens (including phenoxy) is 2. The van der Waals surface area contributed by atoms with Crippen LogP contribution in [0.1, 0.15) is 0 Å². The Morgan fingerprint density at radius 1 is 1.38 bits per heavy atom. The maximum Gasteiger partial charge on any atom is 0.403 e. The zero-order valence-electron chi connectivity index (χ0n) is 16.0. The van der Waals surface area contributed by atoms with Crippen molar-refractivity contribution in [2.75, 3.05) is 58.3 Å². The van der Waals surface area contributed by atoms with Crippen LogP contribution in [0.25, 0.3) is 11.2 Å². The first kappa shape index (κ1) is 23.4. The van der Waals surface area contributed by atoms with Gasteiger partial charge in [0.1, 0.15) is 6.73 Å². The molecule has 3 rings (SSSR count). The Kier molecular flexibility index (Phi) is 8.67. The molecule has 0 radical (unpaired) electrons. The fourth-order valence-corrected chi connectivity index (χ4v) is 3.46. The number of imidazole rings is 1. The number of anilines is 1. The number of H-pyrrole nitrogens is 1. The Labute approximate surface area is 166 Å². The average molecular weight is 434 g/mol. The van der Waals surface area contributed by atoms with Gasteiger partial charge < -0.3 is 26.3 Å². The topological polar surface area (TPSA) is 205 Å². The van der Waals surface area contributed by atoms with Gasteiger partial charge in [-0.1, -0.05) is 0 Å². The smallest absolute Gasteiger partial charge is 0.379 e. The van der Waals surface area contributed by atoms with Crippen molar-refractivity contribution >= 4 is 24.9 Å². The fraction of sp³-hybridized carbons (Fsp3) is 0.643. The van der Waals surface area contributed by atoms with Crippen LogP contribution in [0.5, 0.6) is 0 Å². The number of nitrogens with one attached hydrogen (secondary N) is 2. The maximum atomic E-state index is 11.9. The van der Waals surface area contributed by atoms with E-state index in [2.05, 4.69) is 24.9 Å². The molecule has 1 aliphatic rings. The van der Waals surface area contributed by atoms with Crippen molar-refractivity contribution < 1.29 is 23.5 Å². The number of nitrogens with zero attached hydrogens (tertiary/aromatic N) is 4. The molecule has 1 atom stereocenters. The summed E-state index contributed by atoms with van der Waals surface area (Å²) in [6.07, 6.45) is 1.40. The van der Waals surface area contributed by atoms with Crippen molar-refractivity contribution in [1.82, 2.24) is 35.7 Å². The lowest BCUT2D eigenvalue weighted by atomic mass is 10.4. The van der Waals surface area contributed by atoms with E-state index in [-0.39, 0.29) is 37.6 Å². The predicted octanol–water partition coefficient (Wildman–Crippen LogP) is -1.12. The first-order valence-electron chi connectivity index (χ1n) is 8.75. The molecule has 1 saturated heterocycles. The molecule has 0 aromatic carbocycles. The van der Waals surface area contributed by atoms with Crippen molar-refractivity contribution in [1.29, 1.82) is 0 Å². The van der Waals surface area contributed by atoms with E-state index >= 15 is 0 Å². The maximum absolute atomic E-state index is 11.9. The van der Waals surface area contributed by atoms with Gasteiger partial charge in [0.25, 0.3) is 5.56 Å². The third-order valence-corrected chi connectivity index (χ3v) is 5.22. The minimum absolute atomic E-state index is 0. The quantitative estimate of drug-likeness (QED) is 0.223. The van der Waals surface area contributed by atoms with Crippen LogP contribution in [0.15, 0.2) is 11.1 Å². The van der Waals surface area contributed by atoms with Crippen molar-refractivity contribution in [3.63, 3.8) is 0 Å². The molecule has 1 aliphatic heterocycles. The van der Waals surface area contributed by atoms with Crippen LogP contribution < -0.4 is 22.5 Å². The summed E-state index contributed by atoms with van der Waals surface area (Å²) >= 11 is 0. The third-order valence-electron chi connectivity index (χ3n) is 4.06. The Morgan fingerprint density at radius 3 is 2.90 bits per heavy atom. The van der Waals surface area contributed by atoms with Gasteiger partial charge in [-0.3, -0.25) is 23.8 Å². The Bertz CT molecular complexity index is 883. The predicted molar refractivity (Wildman–Crippen MR) is 105 cm³/mol. The van der Waals surface area contributed by atoms with Gasteiger partial charge in [0, 0.05) is 26.2 Å². The number of aromatic nitrogens is 4. The lowest BCUT2D eigenvalue weighted by molar-refractivity contribution is 0.0383. The number of nitrogen functional groups attached to an aromatic ring is 1. The second kappa shape index (κ2) is 10.8. The van der Waals surface area contributed by atoms with E-state index in [1.807, 2.05) is 0 Å². The molecule has 0 saturated carbocycles.